The SMILES string of the molecule is CC(=O)c1cc(Nc2c(Br)cccc2Br)ccc1N. The van der Waals surface area contributed by atoms with Crippen LogP contribution in [-0.2, 0) is 0 Å². The van der Waals surface area contributed by atoms with Crippen LogP contribution in [0.15, 0.2) is 45.3 Å². The summed E-state index contributed by atoms with van der Waals surface area (Å²) < 4.78 is 1.87. The second-order valence-electron chi connectivity index (χ2n) is 4.08. The predicted molar refractivity (Wildman–Crippen MR) is 86.0 cm³/mol. The van der Waals surface area contributed by atoms with Crippen molar-refractivity contribution in [3.8, 4) is 0 Å². The number of Topliss-reactive ketones (excluding diaryl/α,β-unsaturated/α-hetero) is 1. The summed E-state index contributed by atoms with van der Waals surface area (Å²) >= 11 is 6.96. The minimum Gasteiger partial charge on any atom is -0.398 e. The van der Waals surface area contributed by atoms with E-state index in [1.807, 2.05) is 24.3 Å². The number of carbonyl (C=O) groups excluding carboxylic acids is 1. The van der Waals surface area contributed by atoms with E-state index in [-0.39, 0.29) is 5.78 Å². The zero-order valence-corrected chi connectivity index (χ0v) is 13.4. The van der Waals surface area contributed by atoms with E-state index in [1.54, 1.807) is 12.1 Å². The first-order valence-corrected chi connectivity index (χ1v) is 7.19. The van der Waals surface area contributed by atoms with Crippen LogP contribution in [0.4, 0.5) is 17.1 Å². The maximum Gasteiger partial charge on any atom is 0.161 e. The number of rotatable bonds is 3. The molecule has 2 rings (SSSR count). The smallest absolute Gasteiger partial charge is 0.161 e. The molecule has 0 atom stereocenters. The van der Waals surface area contributed by atoms with E-state index in [1.165, 1.54) is 6.92 Å². The molecular weight excluding hydrogens is 372 g/mol. The number of para-hydroxylation sites is 1. The Labute approximate surface area is 128 Å². The zero-order chi connectivity index (χ0) is 14.0. The number of anilines is 3. The third-order valence-electron chi connectivity index (χ3n) is 2.66. The molecule has 0 aliphatic rings. The van der Waals surface area contributed by atoms with Gasteiger partial charge in [-0.15, -0.1) is 0 Å². The quantitative estimate of drug-likeness (QED) is 0.594. The highest BCUT2D eigenvalue weighted by Gasteiger charge is 2.08. The molecule has 0 radical (unpaired) electrons. The fourth-order valence-corrected chi connectivity index (χ4v) is 2.90. The van der Waals surface area contributed by atoms with Crippen LogP contribution in [0, 0.1) is 0 Å². The number of halogens is 2. The summed E-state index contributed by atoms with van der Waals surface area (Å²) in [6.45, 7) is 1.50. The molecule has 3 nitrogen and oxygen atoms in total. The van der Waals surface area contributed by atoms with E-state index in [4.69, 9.17) is 5.73 Å². The van der Waals surface area contributed by atoms with Gasteiger partial charge in [0.05, 0.1) is 5.69 Å². The van der Waals surface area contributed by atoms with Crippen molar-refractivity contribution in [2.45, 2.75) is 6.92 Å². The van der Waals surface area contributed by atoms with Gasteiger partial charge >= 0.3 is 0 Å². The lowest BCUT2D eigenvalue weighted by molar-refractivity contribution is 0.101. The van der Waals surface area contributed by atoms with Crippen LogP contribution in [0.1, 0.15) is 17.3 Å². The largest absolute Gasteiger partial charge is 0.398 e. The Morgan fingerprint density at radius 3 is 2.37 bits per heavy atom. The Balaban J connectivity index is 2.39. The molecule has 0 aliphatic heterocycles. The average Bonchev–Trinajstić information content (AvgIpc) is 2.35. The highest BCUT2D eigenvalue weighted by Crippen LogP contribution is 2.33. The van der Waals surface area contributed by atoms with Gasteiger partial charge in [0.15, 0.2) is 5.78 Å². The summed E-state index contributed by atoms with van der Waals surface area (Å²) in [5.41, 5.74) is 8.50. The van der Waals surface area contributed by atoms with Gasteiger partial charge in [-0.2, -0.15) is 0 Å². The molecule has 0 fully saturated rings. The van der Waals surface area contributed by atoms with Crippen LogP contribution in [0.3, 0.4) is 0 Å². The molecule has 19 heavy (non-hydrogen) atoms. The van der Waals surface area contributed by atoms with Crippen molar-refractivity contribution < 1.29 is 4.79 Å². The highest BCUT2D eigenvalue weighted by molar-refractivity contribution is 9.11. The normalized spacial score (nSPS) is 10.3. The van der Waals surface area contributed by atoms with Gasteiger partial charge in [0.25, 0.3) is 0 Å². The molecule has 3 N–H and O–H groups in total. The van der Waals surface area contributed by atoms with E-state index < -0.39 is 0 Å². The lowest BCUT2D eigenvalue weighted by atomic mass is 10.1. The van der Waals surface area contributed by atoms with Gasteiger partial charge in [0.2, 0.25) is 0 Å². The molecule has 0 heterocycles. The Morgan fingerprint density at radius 1 is 1.16 bits per heavy atom. The molecule has 0 unspecified atom stereocenters. The summed E-state index contributed by atoms with van der Waals surface area (Å²) in [5, 5.41) is 3.26. The summed E-state index contributed by atoms with van der Waals surface area (Å²) in [4.78, 5) is 11.5. The standard InChI is InChI=1S/C14H12Br2N2O/c1-8(19)10-7-9(5-6-13(10)17)18-14-11(15)3-2-4-12(14)16/h2-7,18H,17H2,1H3. The molecular formula is C14H12Br2N2O. The second kappa shape index (κ2) is 5.75. The Kier molecular flexibility index (Phi) is 4.27. The number of nitrogens with one attached hydrogen (secondary N) is 1. The van der Waals surface area contributed by atoms with Gasteiger partial charge in [0.1, 0.15) is 0 Å². The Hall–Kier alpha value is -1.33. The third kappa shape index (κ3) is 3.16. The molecule has 2 aromatic carbocycles. The molecule has 0 aromatic heterocycles. The minimum absolute atomic E-state index is 0.0488. The molecule has 98 valence electrons. The zero-order valence-electron chi connectivity index (χ0n) is 10.2. The van der Waals surface area contributed by atoms with E-state index in [0.29, 0.717) is 11.3 Å². The summed E-state index contributed by atoms with van der Waals surface area (Å²) in [6, 6.07) is 11.1. The van der Waals surface area contributed by atoms with E-state index in [0.717, 1.165) is 20.3 Å². The summed E-state index contributed by atoms with van der Waals surface area (Å²) in [7, 11) is 0. The Bertz CT molecular complexity index is 621. The maximum atomic E-state index is 11.5. The van der Waals surface area contributed by atoms with Crippen molar-refractivity contribution in [3.63, 3.8) is 0 Å². The van der Waals surface area contributed by atoms with Crippen LogP contribution in [0.5, 0.6) is 0 Å². The number of nitrogen functional groups attached to an aromatic ring is 1. The van der Waals surface area contributed by atoms with E-state index in [2.05, 4.69) is 37.2 Å². The molecule has 5 heteroatoms. The number of nitrogens with two attached hydrogens (primary N) is 1. The van der Waals surface area contributed by atoms with Crippen LogP contribution < -0.4 is 11.1 Å². The number of hydrogen-bond acceptors (Lipinski definition) is 3. The van der Waals surface area contributed by atoms with Gasteiger partial charge in [-0.1, -0.05) is 6.07 Å². The van der Waals surface area contributed by atoms with Crippen molar-refractivity contribution in [1.82, 2.24) is 0 Å². The third-order valence-corrected chi connectivity index (χ3v) is 3.99. The fraction of sp³-hybridized carbons (Fsp3) is 0.0714. The van der Waals surface area contributed by atoms with Crippen LogP contribution in [0.25, 0.3) is 0 Å². The molecule has 0 bridgehead atoms. The van der Waals surface area contributed by atoms with Crippen molar-refractivity contribution in [2.75, 3.05) is 11.1 Å². The summed E-state index contributed by atoms with van der Waals surface area (Å²) in [6.07, 6.45) is 0. The monoisotopic (exact) mass is 382 g/mol. The minimum atomic E-state index is -0.0488. The lowest BCUT2D eigenvalue weighted by Crippen LogP contribution is -2.01. The van der Waals surface area contributed by atoms with E-state index >= 15 is 0 Å². The van der Waals surface area contributed by atoms with Crippen molar-refractivity contribution in [1.29, 1.82) is 0 Å². The van der Waals surface area contributed by atoms with Gasteiger partial charge < -0.3 is 11.1 Å². The molecule has 0 saturated heterocycles. The van der Waals surface area contributed by atoms with Crippen molar-refractivity contribution in [3.05, 3.63) is 50.9 Å². The first-order chi connectivity index (χ1) is 8.99. The van der Waals surface area contributed by atoms with Gasteiger partial charge in [-0.3, -0.25) is 4.79 Å². The number of ketones is 1. The number of hydrogen-bond donors (Lipinski definition) is 2. The Morgan fingerprint density at radius 2 is 1.79 bits per heavy atom. The first kappa shape index (κ1) is 14.1. The topological polar surface area (TPSA) is 55.1 Å². The summed E-state index contributed by atoms with van der Waals surface area (Å²) in [5.74, 6) is -0.0488. The fourth-order valence-electron chi connectivity index (χ4n) is 1.70. The second-order valence-corrected chi connectivity index (χ2v) is 5.79. The van der Waals surface area contributed by atoms with Crippen LogP contribution >= 0.6 is 31.9 Å². The van der Waals surface area contributed by atoms with Crippen LogP contribution in [-0.4, -0.2) is 5.78 Å². The average molecular weight is 384 g/mol. The maximum absolute atomic E-state index is 11.5. The van der Waals surface area contributed by atoms with Gasteiger partial charge in [-0.05, 0) is 69.1 Å². The van der Waals surface area contributed by atoms with Crippen LogP contribution in [0.2, 0.25) is 0 Å². The van der Waals surface area contributed by atoms with Gasteiger partial charge in [0, 0.05) is 25.9 Å². The van der Waals surface area contributed by atoms with Crippen molar-refractivity contribution >= 4 is 54.7 Å². The highest BCUT2D eigenvalue weighted by atomic mass is 79.9. The number of benzene rings is 2. The van der Waals surface area contributed by atoms with Gasteiger partial charge in [-0.25, -0.2) is 0 Å². The van der Waals surface area contributed by atoms with Crippen molar-refractivity contribution in [2.24, 2.45) is 0 Å². The molecule has 2 aromatic rings. The molecule has 0 saturated carbocycles. The number of carbonyl (C=O) groups is 1. The predicted octanol–water partition coefficient (Wildman–Crippen LogP) is 4.74. The molecule has 0 amide bonds. The first-order valence-electron chi connectivity index (χ1n) is 5.60. The molecule has 0 aliphatic carbocycles. The lowest BCUT2D eigenvalue weighted by Gasteiger charge is -2.12. The van der Waals surface area contributed by atoms with E-state index in [9.17, 15) is 4.79 Å². The molecule has 0 spiro atoms.